The number of piperidine rings is 1. The second-order valence-corrected chi connectivity index (χ2v) is 4.09. The lowest BCUT2D eigenvalue weighted by molar-refractivity contribution is 0.211. The average molecular weight is 228 g/mol. The van der Waals surface area contributed by atoms with Crippen LogP contribution in [0.3, 0.4) is 0 Å². The van der Waals surface area contributed by atoms with Crippen molar-refractivity contribution in [3.05, 3.63) is 17.5 Å². The minimum atomic E-state index is 0.370. The second-order valence-electron chi connectivity index (χ2n) is 3.70. The van der Waals surface area contributed by atoms with E-state index in [0.717, 1.165) is 13.1 Å². The molecule has 0 spiro atoms. The largest absolute Gasteiger partial charge is 0.476 e. The molecule has 1 saturated heterocycles. The number of rotatable bonds is 3. The van der Waals surface area contributed by atoms with Gasteiger partial charge in [-0.2, -0.15) is 4.98 Å². The van der Waals surface area contributed by atoms with Gasteiger partial charge in [-0.25, -0.2) is 0 Å². The van der Waals surface area contributed by atoms with E-state index in [-0.39, 0.29) is 0 Å². The van der Waals surface area contributed by atoms with Gasteiger partial charge in [0.2, 0.25) is 5.88 Å². The Hall–Kier alpha value is -0.870. The molecular formula is C10H14ClN3O. The van der Waals surface area contributed by atoms with Crippen molar-refractivity contribution in [2.24, 2.45) is 5.92 Å². The summed E-state index contributed by atoms with van der Waals surface area (Å²) in [6.45, 7) is 2.82. The van der Waals surface area contributed by atoms with E-state index >= 15 is 0 Å². The summed E-state index contributed by atoms with van der Waals surface area (Å²) in [7, 11) is 0. The third kappa shape index (κ3) is 3.32. The summed E-state index contributed by atoms with van der Waals surface area (Å²) < 4.78 is 5.53. The third-order valence-electron chi connectivity index (χ3n) is 2.45. The van der Waals surface area contributed by atoms with Crippen LogP contribution in [0.4, 0.5) is 0 Å². The van der Waals surface area contributed by atoms with E-state index < -0.39 is 0 Å². The Balaban J connectivity index is 1.81. The van der Waals surface area contributed by atoms with Gasteiger partial charge in [0, 0.05) is 12.5 Å². The number of nitrogens with zero attached hydrogens (tertiary/aromatic N) is 2. The fraction of sp³-hybridized carbons (Fsp3) is 0.600. The number of hydrogen-bond donors (Lipinski definition) is 1. The molecule has 0 saturated carbocycles. The van der Waals surface area contributed by atoms with Crippen LogP contribution in [0.15, 0.2) is 12.4 Å². The van der Waals surface area contributed by atoms with Crippen molar-refractivity contribution >= 4 is 11.6 Å². The van der Waals surface area contributed by atoms with E-state index in [1.54, 1.807) is 6.20 Å². The highest BCUT2D eigenvalue weighted by molar-refractivity contribution is 6.29. The van der Waals surface area contributed by atoms with Gasteiger partial charge in [-0.1, -0.05) is 11.6 Å². The molecule has 1 aliphatic heterocycles. The Morgan fingerprint density at radius 2 is 2.47 bits per heavy atom. The van der Waals surface area contributed by atoms with E-state index in [1.807, 2.05) is 0 Å². The lowest BCUT2D eigenvalue weighted by Gasteiger charge is -2.22. The Bertz CT molecular complexity index is 315. The molecule has 5 heteroatoms. The molecule has 1 atom stereocenters. The zero-order valence-corrected chi connectivity index (χ0v) is 9.20. The summed E-state index contributed by atoms with van der Waals surface area (Å²) in [6, 6.07) is 0. The van der Waals surface area contributed by atoms with Crippen molar-refractivity contribution in [2.45, 2.75) is 12.8 Å². The first kappa shape index (κ1) is 10.6. The van der Waals surface area contributed by atoms with E-state index in [9.17, 15) is 0 Å². The normalized spacial score (nSPS) is 21.3. The van der Waals surface area contributed by atoms with Crippen LogP contribution in [0.25, 0.3) is 0 Å². The molecule has 4 nitrogen and oxygen atoms in total. The molecule has 15 heavy (non-hydrogen) atoms. The molecule has 2 heterocycles. The van der Waals surface area contributed by atoms with Crippen molar-refractivity contribution in [1.82, 2.24) is 15.3 Å². The van der Waals surface area contributed by atoms with E-state index in [4.69, 9.17) is 16.3 Å². The fourth-order valence-corrected chi connectivity index (χ4v) is 1.80. The van der Waals surface area contributed by atoms with Gasteiger partial charge in [0.25, 0.3) is 0 Å². The number of aromatic nitrogens is 2. The summed E-state index contributed by atoms with van der Waals surface area (Å²) in [5, 5.41) is 3.71. The first-order valence-electron chi connectivity index (χ1n) is 5.15. The van der Waals surface area contributed by atoms with Crippen LogP contribution < -0.4 is 10.1 Å². The molecule has 0 bridgehead atoms. The number of nitrogens with one attached hydrogen (secondary N) is 1. The Morgan fingerprint density at radius 1 is 1.53 bits per heavy atom. The van der Waals surface area contributed by atoms with Gasteiger partial charge >= 0.3 is 0 Å². The lowest BCUT2D eigenvalue weighted by atomic mass is 10.0. The maximum absolute atomic E-state index is 5.70. The van der Waals surface area contributed by atoms with Crippen LogP contribution in [-0.2, 0) is 0 Å². The van der Waals surface area contributed by atoms with Crippen molar-refractivity contribution in [2.75, 3.05) is 19.7 Å². The maximum atomic E-state index is 5.70. The van der Waals surface area contributed by atoms with Crippen LogP contribution in [0.2, 0.25) is 5.15 Å². The Morgan fingerprint density at radius 3 is 3.20 bits per heavy atom. The fourth-order valence-electron chi connectivity index (χ4n) is 1.66. The Kier molecular flexibility index (Phi) is 3.75. The van der Waals surface area contributed by atoms with E-state index in [1.165, 1.54) is 19.0 Å². The molecule has 0 aromatic carbocycles. The van der Waals surface area contributed by atoms with Crippen molar-refractivity contribution in [3.63, 3.8) is 0 Å². The van der Waals surface area contributed by atoms with E-state index in [0.29, 0.717) is 23.6 Å². The molecule has 1 aromatic rings. The maximum Gasteiger partial charge on any atom is 0.233 e. The predicted molar refractivity (Wildman–Crippen MR) is 58.1 cm³/mol. The van der Waals surface area contributed by atoms with Crippen molar-refractivity contribution in [1.29, 1.82) is 0 Å². The quantitative estimate of drug-likeness (QED) is 0.851. The third-order valence-corrected chi connectivity index (χ3v) is 2.63. The smallest absolute Gasteiger partial charge is 0.233 e. The Labute approximate surface area is 94.0 Å². The van der Waals surface area contributed by atoms with Crippen molar-refractivity contribution in [3.8, 4) is 5.88 Å². The van der Waals surface area contributed by atoms with Gasteiger partial charge in [-0.3, -0.25) is 4.98 Å². The minimum absolute atomic E-state index is 0.370. The van der Waals surface area contributed by atoms with Crippen LogP contribution in [0.5, 0.6) is 5.88 Å². The highest BCUT2D eigenvalue weighted by Gasteiger charge is 2.13. The molecule has 0 radical (unpaired) electrons. The topological polar surface area (TPSA) is 47.0 Å². The van der Waals surface area contributed by atoms with Gasteiger partial charge in [0.15, 0.2) is 5.15 Å². The second kappa shape index (κ2) is 5.28. The highest BCUT2D eigenvalue weighted by atomic mass is 35.5. The van der Waals surface area contributed by atoms with Crippen LogP contribution in [0.1, 0.15) is 12.8 Å². The molecule has 0 aliphatic carbocycles. The minimum Gasteiger partial charge on any atom is -0.476 e. The molecule has 1 N–H and O–H groups in total. The lowest BCUT2D eigenvalue weighted by Crippen LogP contribution is -2.33. The van der Waals surface area contributed by atoms with Crippen molar-refractivity contribution < 1.29 is 4.74 Å². The van der Waals surface area contributed by atoms with Gasteiger partial charge in [-0.05, 0) is 19.4 Å². The molecular weight excluding hydrogens is 214 g/mol. The van der Waals surface area contributed by atoms with Gasteiger partial charge in [-0.15, -0.1) is 0 Å². The van der Waals surface area contributed by atoms with Gasteiger partial charge in [0.05, 0.1) is 19.0 Å². The molecule has 0 amide bonds. The highest BCUT2D eigenvalue weighted by Crippen LogP contribution is 2.13. The summed E-state index contributed by atoms with van der Waals surface area (Å²) >= 11 is 5.70. The molecule has 2 rings (SSSR count). The summed E-state index contributed by atoms with van der Waals surface area (Å²) in [4.78, 5) is 7.93. The summed E-state index contributed by atoms with van der Waals surface area (Å²) in [5.74, 6) is 1.08. The molecule has 1 fully saturated rings. The van der Waals surface area contributed by atoms with Crippen LogP contribution in [-0.4, -0.2) is 29.7 Å². The molecule has 1 aliphatic rings. The number of ether oxygens (including phenoxy) is 1. The monoisotopic (exact) mass is 227 g/mol. The molecule has 82 valence electrons. The summed E-state index contributed by atoms with van der Waals surface area (Å²) in [6.07, 6.45) is 5.51. The zero-order valence-electron chi connectivity index (χ0n) is 8.45. The number of hydrogen-bond acceptors (Lipinski definition) is 4. The average Bonchev–Trinajstić information content (AvgIpc) is 2.28. The first-order chi connectivity index (χ1) is 7.34. The van der Waals surface area contributed by atoms with Gasteiger partial charge < -0.3 is 10.1 Å². The van der Waals surface area contributed by atoms with Gasteiger partial charge in [0.1, 0.15) is 0 Å². The van der Waals surface area contributed by atoms with E-state index in [2.05, 4.69) is 15.3 Å². The molecule has 1 aromatic heterocycles. The van der Waals surface area contributed by atoms with Crippen LogP contribution >= 0.6 is 11.6 Å². The standard InChI is InChI=1S/C10H14ClN3O/c11-9-5-13-6-10(14-9)15-7-8-2-1-3-12-4-8/h5-6,8,12H,1-4,7H2/t8-/m1/s1. The SMILES string of the molecule is Clc1cncc(OC[C@@H]2CCCNC2)n1. The predicted octanol–water partition coefficient (Wildman–Crippen LogP) is 1.51. The first-order valence-corrected chi connectivity index (χ1v) is 5.53. The number of halogens is 1. The summed E-state index contributed by atoms with van der Waals surface area (Å²) in [5.41, 5.74) is 0. The zero-order chi connectivity index (χ0) is 10.5. The van der Waals surface area contributed by atoms with Crippen LogP contribution in [0, 0.1) is 5.92 Å². The molecule has 0 unspecified atom stereocenters.